The van der Waals surface area contributed by atoms with Crippen molar-refractivity contribution in [3.05, 3.63) is 21.4 Å². The molecular formula is C10H15NS. The smallest absolute Gasteiger partial charge is 0.00523 e. The summed E-state index contributed by atoms with van der Waals surface area (Å²) in [7, 11) is 0. The minimum absolute atomic E-state index is 0.787. The second-order valence-corrected chi connectivity index (χ2v) is 5.02. The van der Waals surface area contributed by atoms with Crippen molar-refractivity contribution in [3.8, 4) is 0 Å². The number of hydrogen-bond donors (Lipinski definition) is 1. The minimum atomic E-state index is 0.787. The Morgan fingerprint density at radius 1 is 1.50 bits per heavy atom. The highest BCUT2D eigenvalue weighted by Crippen LogP contribution is 2.30. The van der Waals surface area contributed by atoms with E-state index in [0.717, 1.165) is 5.92 Å². The van der Waals surface area contributed by atoms with Gasteiger partial charge in [-0.25, -0.2) is 0 Å². The van der Waals surface area contributed by atoms with Crippen LogP contribution in [0.15, 0.2) is 6.07 Å². The van der Waals surface area contributed by atoms with Crippen molar-refractivity contribution < 1.29 is 0 Å². The predicted molar refractivity (Wildman–Crippen MR) is 54.0 cm³/mol. The van der Waals surface area contributed by atoms with Gasteiger partial charge in [-0.3, -0.25) is 0 Å². The van der Waals surface area contributed by atoms with E-state index in [1.54, 1.807) is 5.56 Å². The highest BCUT2D eigenvalue weighted by atomic mass is 32.1. The third-order valence-corrected chi connectivity index (χ3v) is 3.56. The monoisotopic (exact) mass is 181 g/mol. The van der Waals surface area contributed by atoms with Crippen LogP contribution in [-0.4, -0.2) is 13.1 Å². The van der Waals surface area contributed by atoms with Crippen molar-refractivity contribution in [2.24, 2.45) is 0 Å². The minimum Gasteiger partial charge on any atom is -0.316 e. The standard InChI is InChI=1S/C10H15NS/c1-7-5-10(8(2)12-7)9-3-4-11-6-9/h5,9,11H,3-4,6H2,1-2H3. The topological polar surface area (TPSA) is 12.0 Å². The molecule has 1 saturated heterocycles. The van der Waals surface area contributed by atoms with Crippen LogP contribution in [0.3, 0.4) is 0 Å². The molecule has 2 rings (SSSR count). The van der Waals surface area contributed by atoms with Crippen molar-refractivity contribution in [1.29, 1.82) is 0 Å². The second kappa shape index (κ2) is 3.19. The first-order valence-corrected chi connectivity index (χ1v) is 5.36. The molecule has 0 aromatic carbocycles. The molecule has 1 fully saturated rings. The molecule has 0 radical (unpaired) electrons. The molecular weight excluding hydrogens is 166 g/mol. The number of aryl methyl sites for hydroxylation is 2. The predicted octanol–water partition coefficient (Wildman–Crippen LogP) is 2.44. The first-order valence-electron chi connectivity index (χ1n) is 4.55. The molecule has 12 heavy (non-hydrogen) atoms. The molecule has 1 atom stereocenters. The average molecular weight is 181 g/mol. The Labute approximate surface area is 77.8 Å². The summed E-state index contributed by atoms with van der Waals surface area (Å²) >= 11 is 1.93. The number of rotatable bonds is 1. The Bertz CT molecular complexity index is 271. The van der Waals surface area contributed by atoms with E-state index in [1.165, 1.54) is 29.3 Å². The summed E-state index contributed by atoms with van der Waals surface area (Å²) in [6.07, 6.45) is 1.32. The zero-order valence-corrected chi connectivity index (χ0v) is 8.50. The van der Waals surface area contributed by atoms with Crippen molar-refractivity contribution in [2.45, 2.75) is 26.2 Å². The van der Waals surface area contributed by atoms with Crippen LogP contribution in [-0.2, 0) is 0 Å². The van der Waals surface area contributed by atoms with Crippen LogP contribution < -0.4 is 5.32 Å². The quantitative estimate of drug-likeness (QED) is 0.701. The van der Waals surface area contributed by atoms with E-state index in [9.17, 15) is 0 Å². The van der Waals surface area contributed by atoms with Crippen molar-refractivity contribution in [2.75, 3.05) is 13.1 Å². The molecule has 1 aromatic heterocycles. The Morgan fingerprint density at radius 3 is 2.83 bits per heavy atom. The third kappa shape index (κ3) is 1.41. The molecule has 1 aliphatic rings. The lowest BCUT2D eigenvalue weighted by Gasteiger charge is -2.06. The van der Waals surface area contributed by atoms with E-state index in [4.69, 9.17) is 0 Å². The van der Waals surface area contributed by atoms with E-state index < -0.39 is 0 Å². The van der Waals surface area contributed by atoms with E-state index >= 15 is 0 Å². The zero-order valence-electron chi connectivity index (χ0n) is 7.68. The molecule has 0 saturated carbocycles. The van der Waals surface area contributed by atoms with Crippen molar-refractivity contribution in [3.63, 3.8) is 0 Å². The SMILES string of the molecule is Cc1cc(C2CCNC2)c(C)s1. The zero-order chi connectivity index (χ0) is 8.55. The largest absolute Gasteiger partial charge is 0.316 e. The second-order valence-electron chi connectivity index (χ2n) is 3.56. The van der Waals surface area contributed by atoms with Gasteiger partial charge in [-0.05, 0) is 44.4 Å². The summed E-state index contributed by atoms with van der Waals surface area (Å²) in [6, 6.07) is 2.36. The Hall–Kier alpha value is -0.340. The van der Waals surface area contributed by atoms with E-state index in [2.05, 4.69) is 25.2 Å². The van der Waals surface area contributed by atoms with Crippen LogP contribution in [0, 0.1) is 13.8 Å². The van der Waals surface area contributed by atoms with Gasteiger partial charge in [0, 0.05) is 16.3 Å². The van der Waals surface area contributed by atoms with Crippen molar-refractivity contribution in [1.82, 2.24) is 5.32 Å². The summed E-state index contributed by atoms with van der Waals surface area (Å²) in [5.41, 5.74) is 1.59. The van der Waals surface area contributed by atoms with Gasteiger partial charge in [-0.1, -0.05) is 0 Å². The Morgan fingerprint density at radius 2 is 2.33 bits per heavy atom. The average Bonchev–Trinajstić information content (AvgIpc) is 2.58. The number of hydrogen-bond acceptors (Lipinski definition) is 2. The highest BCUT2D eigenvalue weighted by Gasteiger charge is 2.19. The van der Waals surface area contributed by atoms with E-state index in [-0.39, 0.29) is 0 Å². The molecule has 0 aliphatic carbocycles. The van der Waals surface area contributed by atoms with Gasteiger partial charge in [-0.2, -0.15) is 0 Å². The molecule has 1 aromatic rings. The lowest BCUT2D eigenvalue weighted by atomic mass is 9.99. The van der Waals surface area contributed by atoms with Gasteiger partial charge in [0.2, 0.25) is 0 Å². The molecule has 2 heteroatoms. The van der Waals surface area contributed by atoms with Crippen LogP contribution >= 0.6 is 11.3 Å². The first kappa shape index (κ1) is 8.27. The summed E-state index contributed by atoms with van der Waals surface area (Å²) < 4.78 is 0. The van der Waals surface area contributed by atoms with E-state index in [1.807, 2.05) is 11.3 Å². The maximum atomic E-state index is 3.41. The van der Waals surface area contributed by atoms with Gasteiger partial charge in [-0.15, -0.1) is 11.3 Å². The lowest BCUT2D eigenvalue weighted by Crippen LogP contribution is -2.07. The van der Waals surface area contributed by atoms with Gasteiger partial charge in [0.15, 0.2) is 0 Å². The maximum absolute atomic E-state index is 3.41. The van der Waals surface area contributed by atoms with Gasteiger partial charge in [0.1, 0.15) is 0 Å². The van der Waals surface area contributed by atoms with Crippen LogP contribution in [0.2, 0.25) is 0 Å². The fourth-order valence-corrected chi connectivity index (χ4v) is 2.99. The summed E-state index contributed by atoms with van der Waals surface area (Å²) in [6.45, 7) is 6.81. The van der Waals surface area contributed by atoms with E-state index in [0.29, 0.717) is 0 Å². The lowest BCUT2D eigenvalue weighted by molar-refractivity contribution is 0.762. The number of nitrogens with one attached hydrogen (secondary N) is 1. The fourth-order valence-electron chi connectivity index (χ4n) is 1.98. The maximum Gasteiger partial charge on any atom is 0.00523 e. The van der Waals surface area contributed by atoms with Crippen LogP contribution in [0.4, 0.5) is 0 Å². The van der Waals surface area contributed by atoms with Gasteiger partial charge < -0.3 is 5.32 Å². The molecule has 0 spiro atoms. The molecule has 0 bridgehead atoms. The summed E-state index contributed by atoms with van der Waals surface area (Å²) in [5.74, 6) is 0.787. The van der Waals surface area contributed by atoms with Gasteiger partial charge in [0.05, 0.1) is 0 Å². The molecule has 0 amide bonds. The molecule has 66 valence electrons. The summed E-state index contributed by atoms with van der Waals surface area (Å²) in [4.78, 5) is 2.97. The molecule has 1 aliphatic heterocycles. The molecule has 1 nitrogen and oxygen atoms in total. The van der Waals surface area contributed by atoms with Crippen molar-refractivity contribution >= 4 is 11.3 Å². The van der Waals surface area contributed by atoms with Crippen LogP contribution in [0.1, 0.15) is 27.7 Å². The normalized spacial score (nSPS) is 23.3. The third-order valence-electron chi connectivity index (χ3n) is 2.58. The van der Waals surface area contributed by atoms with Gasteiger partial charge in [0.25, 0.3) is 0 Å². The van der Waals surface area contributed by atoms with Crippen LogP contribution in [0.25, 0.3) is 0 Å². The first-order chi connectivity index (χ1) is 5.77. The van der Waals surface area contributed by atoms with Gasteiger partial charge >= 0.3 is 0 Å². The van der Waals surface area contributed by atoms with Crippen LogP contribution in [0.5, 0.6) is 0 Å². The molecule has 1 N–H and O–H groups in total. The molecule has 1 unspecified atom stereocenters. The summed E-state index contributed by atoms with van der Waals surface area (Å²) in [5, 5.41) is 3.41. The Kier molecular flexibility index (Phi) is 2.20. The number of thiophene rings is 1. The fraction of sp³-hybridized carbons (Fsp3) is 0.600. The molecule has 2 heterocycles. The highest BCUT2D eigenvalue weighted by molar-refractivity contribution is 7.12. The Balaban J connectivity index is 2.25.